The van der Waals surface area contributed by atoms with Crippen LogP contribution in [0, 0.1) is 11.6 Å². The number of carbonyl (C=O) groups is 1. The first-order chi connectivity index (χ1) is 26.1. The molecule has 8 rings (SSSR count). The third-order valence-corrected chi connectivity index (χ3v) is 10.7. The van der Waals surface area contributed by atoms with E-state index in [-0.39, 0.29) is 34.5 Å². The van der Waals surface area contributed by atoms with Crippen molar-refractivity contribution in [2.45, 2.75) is 57.8 Å². The van der Waals surface area contributed by atoms with Gasteiger partial charge in [-0.3, -0.25) is 19.1 Å². The molecule has 1 aliphatic carbocycles. The first kappa shape index (κ1) is 35.3. The molecule has 1 saturated heterocycles. The lowest BCUT2D eigenvalue weighted by molar-refractivity contribution is -0.130. The number of nitrogens with one attached hydrogen (secondary N) is 1. The molecule has 12 nitrogen and oxygen atoms in total. The minimum Gasteiger partial charge on any atom is -0.508 e. The van der Waals surface area contributed by atoms with Crippen molar-refractivity contribution in [1.29, 1.82) is 0 Å². The van der Waals surface area contributed by atoms with Crippen LogP contribution >= 0.6 is 0 Å². The van der Waals surface area contributed by atoms with Crippen LogP contribution in [0.1, 0.15) is 49.9 Å². The van der Waals surface area contributed by atoms with Crippen molar-refractivity contribution in [3.8, 4) is 22.6 Å². The number of nitrogens with zero attached hydrogens (tertiary/aromatic N) is 7. The summed E-state index contributed by atoms with van der Waals surface area (Å²) in [5, 5.41) is 14.0. The van der Waals surface area contributed by atoms with Gasteiger partial charge in [0.1, 0.15) is 23.0 Å². The van der Waals surface area contributed by atoms with Crippen LogP contribution in [0.2, 0.25) is 0 Å². The van der Waals surface area contributed by atoms with Crippen LogP contribution in [0.5, 0.6) is 5.75 Å². The number of phenols is 1. The number of aromatic nitrogens is 5. The number of carbonyl (C=O) groups excluding carboxylic acids is 1. The molecular formula is C40H40F2N8O4. The maximum atomic E-state index is 14.6. The first-order valence-electron chi connectivity index (χ1n) is 18.2. The fourth-order valence-corrected chi connectivity index (χ4v) is 7.89. The zero-order valence-corrected chi connectivity index (χ0v) is 29.8. The average Bonchev–Trinajstić information content (AvgIpc) is 3.57. The van der Waals surface area contributed by atoms with Crippen LogP contribution in [-0.2, 0) is 17.9 Å². The normalized spacial score (nSPS) is 18.1. The fraction of sp³-hybridized carbons (Fsp3) is 0.325. The number of halogens is 2. The van der Waals surface area contributed by atoms with E-state index in [2.05, 4.69) is 20.2 Å². The summed E-state index contributed by atoms with van der Waals surface area (Å²) < 4.78 is 32.6. The van der Waals surface area contributed by atoms with Crippen molar-refractivity contribution in [2.24, 2.45) is 0 Å². The molecule has 2 aromatic carbocycles. The lowest BCUT2D eigenvalue weighted by Crippen LogP contribution is -2.47. The molecule has 4 aromatic heterocycles. The number of hydrogen-bond acceptors (Lipinski definition) is 8. The molecule has 2 aliphatic rings. The van der Waals surface area contributed by atoms with E-state index < -0.39 is 23.1 Å². The number of pyridine rings is 2. The summed E-state index contributed by atoms with van der Waals surface area (Å²) in [6.07, 6.45) is 6.67. The van der Waals surface area contributed by atoms with Gasteiger partial charge in [-0.25, -0.2) is 28.1 Å². The zero-order valence-electron chi connectivity index (χ0n) is 29.8. The van der Waals surface area contributed by atoms with Crippen LogP contribution in [0.3, 0.4) is 0 Å². The molecule has 0 unspecified atom stereocenters. The van der Waals surface area contributed by atoms with Gasteiger partial charge in [0.05, 0.1) is 23.0 Å². The Morgan fingerprint density at radius 2 is 1.72 bits per heavy atom. The molecule has 1 saturated carbocycles. The molecular weight excluding hydrogens is 694 g/mol. The van der Waals surface area contributed by atoms with Crippen LogP contribution < -0.4 is 16.6 Å². The van der Waals surface area contributed by atoms with Gasteiger partial charge in [-0.2, -0.15) is 0 Å². The summed E-state index contributed by atoms with van der Waals surface area (Å²) in [6, 6.07) is 16.4. The molecule has 0 atom stereocenters. The molecule has 14 heteroatoms. The Hall–Kier alpha value is -5.73. The third kappa shape index (κ3) is 7.01. The van der Waals surface area contributed by atoms with Gasteiger partial charge in [0.15, 0.2) is 5.65 Å². The molecule has 54 heavy (non-hydrogen) atoms. The molecule has 2 N–H and O–H groups in total. The highest BCUT2D eigenvalue weighted by Crippen LogP contribution is 2.31. The monoisotopic (exact) mass is 734 g/mol. The van der Waals surface area contributed by atoms with Crippen molar-refractivity contribution in [3.63, 3.8) is 0 Å². The SMILES string of the molecule is CC(=O)N1CCN(Cc2cc(O)ccc2-c2cccc(-n3c(=O)n([C@H]4CC[C@@H](NCc5cn6cc(F)ccc6n5)CC4)c(=O)c4cc(F)cnc43)c2)CC1. The molecule has 0 spiro atoms. The van der Waals surface area contributed by atoms with E-state index in [1.165, 1.54) is 21.4 Å². The van der Waals surface area contributed by atoms with Gasteiger partial charge in [-0.05, 0) is 84.8 Å². The summed E-state index contributed by atoms with van der Waals surface area (Å²) in [5.74, 6) is -0.835. The number of piperazine rings is 1. The van der Waals surface area contributed by atoms with Crippen LogP contribution in [0.25, 0.3) is 33.5 Å². The summed E-state index contributed by atoms with van der Waals surface area (Å²) in [6.45, 7) is 5.26. The predicted molar refractivity (Wildman–Crippen MR) is 199 cm³/mol. The van der Waals surface area contributed by atoms with Crippen LogP contribution in [0.15, 0.2) is 88.8 Å². The van der Waals surface area contributed by atoms with Crippen molar-refractivity contribution in [1.82, 2.24) is 38.6 Å². The lowest BCUT2D eigenvalue weighted by atomic mass is 9.91. The Labute approximate surface area is 308 Å². The molecule has 1 aliphatic heterocycles. The van der Waals surface area contributed by atoms with E-state index in [0.717, 1.165) is 34.6 Å². The second-order valence-electron chi connectivity index (χ2n) is 14.2. The highest BCUT2D eigenvalue weighted by molar-refractivity contribution is 5.77. The molecule has 0 bridgehead atoms. The molecule has 1 amide bonds. The minimum atomic E-state index is -0.675. The smallest absolute Gasteiger partial charge is 0.337 e. The maximum absolute atomic E-state index is 14.6. The number of benzene rings is 2. The van der Waals surface area contributed by atoms with E-state index in [1.807, 2.05) is 29.2 Å². The summed E-state index contributed by atoms with van der Waals surface area (Å²) in [7, 11) is 0. The Morgan fingerprint density at radius 3 is 2.50 bits per heavy atom. The number of amides is 1. The summed E-state index contributed by atoms with van der Waals surface area (Å²) in [4.78, 5) is 53.1. The van der Waals surface area contributed by atoms with Gasteiger partial charge in [-0.1, -0.05) is 18.2 Å². The van der Waals surface area contributed by atoms with Crippen molar-refractivity contribution >= 4 is 22.6 Å². The second-order valence-corrected chi connectivity index (χ2v) is 14.2. The topological polar surface area (TPSA) is 130 Å². The minimum absolute atomic E-state index is 0.0126. The number of aromatic hydroxyl groups is 1. The third-order valence-electron chi connectivity index (χ3n) is 10.7. The molecule has 5 heterocycles. The summed E-state index contributed by atoms with van der Waals surface area (Å²) in [5.41, 5.74) is 3.36. The lowest BCUT2D eigenvalue weighted by Gasteiger charge is -2.34. The quantitative estimate of drug-likeness (QED) is 0.229. The van der Waals surface area contributed by atoms with E-state index in [4.69, 9.17) is 0 Å². The average molecular weight is 735 g/mol. The molecule has 278 valence electrons. The van der Waals surface area contributed by atoms with Crippen LogP contribution in [-0.4, -0.2) is 76.5 Å². The fourth-order valence-electron chi connectivity index (χ4n) is 7.89. The highest BCUT2D eigenvalue weighted by atomic mass is 19.1. The largest absolute Gasteiger partial charge is 0.508 e. The van der Waals surface area contributed by atoms with Crippen LogP contribution in [0.4, 0.5) is 8.78 Å². The van der Waals surface area contributed by atoms with Gasteiger partial charge in [-0.15, -0.1) is 0 Å². The van der Waals surface area contributed by atoms with E-state index in [1.54, 1.807) is 41.8 Å². The Bertz CT molecular complexity index is 2500. The van der Waals surface area contributed by atoms with E-state index in [9.17, 15) is 28.3 Å². The first-order valence-corrected chi connectivity index (χ1v) is 18.2. The van der Waals surface area contributed by atoms with Gasteiger partial charge in [0, 0.05) is 70.7 Å². The summed E-state index contributed by atoms with van der Waals surface area (Å²) >= 11 is 0. The molecule has 0 radical (unpaired) electrons. The van der Waals surface area contributed by atoms with Gasteiger partial charge < -0.3 is 19.7 Å². The number of rotatable bonds is 8. The second kappa shape index (κ2) is 14.6. The number of imidazole rings is 1. The predicted octanol–water partition coefficient (Wildman–Crippen LogP) is 4.78. The van der Waals surface area contributed by atoms with E-state index in [0.29, 0.717) is 76.3 Å². The highest BCUT2D eigenvalue weighted by Gasteiger charge is 2.28. The number of fused-ring (bicyclic) bond motifs is 2. The van der Waals surface area contributed by atoms with E-state index >= 15 is 0 Å². The van der Waals surface area contributed by atoms with Crippen molar-refractivity contribution in [3.05, 3.63) is 123 Å². The van der Waals surface area contributed by atoms with Gasteiger partial charge in [0.2, 0.25) is 5.91 Å². The molecule has 6 aromatic rings. The van der Waals surface area contributed by atoms with Gasteiger partial charge >= 0.3 is 5.69 Å². The standard InChI is InChI=1S/C40H40F2N8O4/c1-25(51)47-15-13-46(14-16-47)22-27-18-34(52)10-11-35(27)26-3-2-4-33(17-26)49-38-36(19-29(42)20-44-38)39(53)50(40(49)54)32-8-6-30(7-9-32)43-21-31-24-48-23-28(41)5-12-37(48)45-31/h2-5,10-12,17-20,23-24,30,32,43,52H,6-9,13-16,21-22H2,1H3/t30-,32+. The van der Waals surface area contributed by atoms with Gasteiger partial charge in [0.25, 0.3) is 5.56 Å². The maximum Gasteiger partial charge on any atom is 0.337 e. The van der Waals surface area contributed by atoms with Crippen molar-refractivity contribution in [2.75, 3.05) is 26.2 Å². The number of phenolic OH excluding ortho intramolecular Hbond substituents is 1. The Morgan fingerprint density at radius 1 is 0.926 bits per heavy atom. The zero-order chi connectivity index (χ0) is 37.5. The van der Waals surface area contributed by atoms with Crippen molar-refractivity contribution < 1.29 is 18.7 Å². The molecule has 2 fully saturated rings. The number of hydrogen-bond donors (Lipinski definition) is 2. The Balaban J connectivity index is 1.07. The Kier molecular flexibility index (Phi) is 9.54.